The molecule has 5 nitrogen and oxygen atoms in total. The lowest BCUT2D eigenvalue weighted by atomic mass is 9.94. The van der Waals surface area contributed by atoms with E-state index in [-0.39, 0.29) is 11.9 Å². The Kier molecular flexibility index (Phi) is 7.19. The zero-order valence-electron chi connectivity index (χ0n) is 20.7. The maximum atomic E-state index is 13.1. The fraction of sp³-hybridized carbons (Fsp3) is 0.258. The average molecular weight is 480 g/mol. The highest BCUT2D eigenvalue weighted by molar-refractivity contribution is 5.95. The van der Waals surface area contributed by atoms with Crippen LogP contribution in [0.1, 0.15) is 58.5 Å². The number of phenolic OH excluding ortho intramolecular Hbond substituents is 1. The molecule has 1 aliphatic heterocycles. The summed E-state index contributed by atoms with van der Waals surface area (Å²) in [6.45, 7) is 4.44. The average Bonchev–Trinajstić information content (AvgIpc) is 3.27. The second kappa shape index (κ2) is 10.8. The molecule has 1 aliphatic rings. The van der Waals surface area contributed by atoms with Gasteiger partial charge in [-0.15, -0.1) is 0 Å². The Bertz CT molecular complexity index is 1370. The van der Waals surface area contributed by atoms with E-state index in [4.69, 9.17) is 0 Å². The SMILES string of the molecule is CCC1c2[nH]c3ccc(O)cc3c2CCN1Cc1ccccc1C(=O)NCCC=Cc1ccccc1. The van der Waals surface area contributed by atoms with Crippen molar-refractivity contribution >= 4 is 22.9 Å². The van der Waals surface area contributed by atoms with E-state index >= 15 is 0 Å². The van der Waals surface area contributed by atoms with E-state index in [9.17, 15) is 9.90 Å². The molecule has 36 heavy (non-hydrogen) atoms. The molecule has 1 aromatic heterocycles. The van der Waals surface area contributed by atoms with Gasteiger partial charge in [-0.1, -0.05) is 67.6 Å². The van der Waals surface area contributed by atoms with E-state index in [1.54, 1.807) is 6.07 Å². The monoisotopic (exact) mass is 479 g/mol. The number of H-pyrrole nitrogens is 1. The Balaban J connectivity index is 1.26. The fourth-order valence-electron chi connectivity index (χ4n) is 5.30. The van der Waals surface area contributed by atoms with Gasteiger partial charge in [0.15, 0.2) is 0 Å². The van der Waals surface area contributed by atoms with Crippen molar-refractivity contribution in [3.8, 4) is 5.75 Å². The molecule has 3 aromatic carbocycles. The zero-order chi connectivity index (χ0) is 24.9. The summed E-state index contributed by atoms with van der Waals surface area (Å²) in [5.41, 5.74) is 6.56. The number of nitrogens with one attached hydrogen (secondary N) is 2. The van der Waals surface area contributed by atoms with Crippen LogP contribution in [0.5, 0.6) is 5.75 Å². The number of benzene rings is 3. The highest BCUT2D eigenvalue weighted by Gasteiger charge is 2.30. The molecule has 0 saturated heterocycles. The van der Waals surface area contributed by atoms with Gasteiger partial charge in [-0.25, -0.2) is 0 Å². The number of aromatic amines is 1. The van der Waals surface area contributed by atoms with E-state index in [1.165, 1.54) is 11.3 Å². The van der Waals surface area contributed by atoms with Crippen LogP contribution < -0.4 is 5.32 Å². The van der Waals surface area contributed by atoms with E-state index in [0.717, 1.165) is 59.9 Å². The third-order valence-electron chi connectivity index (χ3n) is 7.07. The smallest absolute Gasteiger partial charge is 0.251 e. The van der Waals surface area contributed by atoms with Crippen LogP contribution in [0.25, 0.3) is 17.0 Å². The number of carbonyl (C=O) groups excluding carboxylic acids is 1. The van der Waals surface area contributed by atoms with E-state index in [2.05, 4.69) is 52.5 Å². The van der Waals surface area contributed by atoms with Gasteiger partial charge in [0, 0.05) is 41.8 Å². The molecule has 0 fully saturated rings. The molecule has 0 radical (unpaired) electrons. The normalized spacial score (nSPS) is 15.9. The van der Waals surface area contributed by atoms with Gasteiger partial charge in [-0.05, 0) is 60.2 Å². The van der Waals surface area contributed by atoms with Crippen LogP contribution in [0.15, 0.2) is 78.9 Å². The Labute approximate surface area is 212 Å². The van der Waals surface area contributed by atoms with Crippen LogP contribution in [0, 0.1) is 0 Å². The first-order valence-corrected chi connectivity index (χ1v) is 12.8. The van der Waals surface area contributed by atoms with Crippen LogP contribution in [0.2, 0.25) is 0 Å². The fourth-order valence-corrected chi connectivity index (χ4v) is 5.30. The van der Waals surface area contributed by atoms with Crippen LogP contribution in [0.4, 0.5) is 0 Å². The first-order chi connectivity index (χ1) is 17.6. The minimum absolute atomic E-state index is 0.0226. The standard InChI is InChI=1S/C31H33N3O2/c1-2-29-30-26(27-20-24(35)15-16-28(27)33-30)17-19-34(29)21-23-13-6-7-14-25(23)31(36)32-18-9-8-12-22-10-4-3-5-11-22/h3-8,10-16,20,29,33,35H,2,9,17-19,21H2,1H3,(H,32,36). The van der Waals surface area contributed by atoms with Crippen molar-refractivity contribution in [2.24, 2.45) is 0 Å². The van der Waals surface area contributed by atoms with Gasteiger partial charge in [0.1, 0.15) is 5.75 Å². The molecule has 5 rings (SSSR count). The number of carbonyl (C=O) groups is 1. The van der Waals surface area contributed by atoms with Gasteiger partial charge >= 0.3 is 0 Å². The summed E-state index contributed by atoms with van der Waals surface area (Å²) in [6.07, 6.45) is 6.84. The summed E-state index contributed by atoms with van der Waals surface area (Å²) in [5, 5.41) is 14.2. The van der Waals surface area contributed by atoms with Crippen LogP contribution >= 0.6 is 0 Å². The van der Waals surface area contributed by atoms with Crippen LogP contribution in [-0.2, 0) is 13.0 Å². The first-order valence-electron chi connectivity index (χ1n) is 12.8. The van der Waals surface area contributed by atoms with Gasteiger partial charge in [0.25, 0.3) is 5.91 Å². The van der Waals surface area contributed by atoms with E-state index in [0.29, 0.717) is 12.3 Å². The largest absolute Gasteiger partial charge is 0.508 e. The van der Waals surface area contributed by atoms with Gasteiger partial charge in [0.05, 0.1) is 6.04 Å². The molecule has 4 aromatic rings. The highest BCUT2D eigenvalue weighted by atomic mass is 16.3. The number of hydrogen-bond donors (Lipinski definition) is 3. The van der Waals surface area contributed by atoms with Crippen molar-refractivity contribution in [2.75, 3.05) is 13.1 Å². The number of phenols is 1. The molecule has 1 unspecified atom stereocenters. The Morgan fingerprint density at radius 2 is 1.92 bits per heavy atom. The van der Waals surface area contributed by atoms with Gasteiger partial charge in [-0.2, -0.15) is 0 Å². The zero-order valence-corrected chi connectivity index (χ0v) is 20.7. The number of rotatable bonds is 8. The lowest BCUT2D eigenvalue weighted by Gasteiger charge is -2.35. The van der Waals surface area contributed by atoms with E-state index < -0.39 is 0 Å². The first kappa shape index (κ1) is 23.9. The molecule has 2 heterocycles. The van der Waals surface area contributed by atoms with Crippen molar-refractivity contribution in [3.63, 3.8) is 0 Å². The summed E-state index contributed by atoms with van der Waals surface area (Å²) in [4.78, 5) is 19.1. The molecule has 184 valence electrons. The summed E-state index contributed by atoms with van der Waals surface area (Å²) < 4.78 is 0. The molecule has 1 amide bonds. The van der Waals surface area contributed by atoms with Gasteiger partial charge in [-0.3, -0.25) is 9.69 Å². The van der Waals surface area contributed by atoms with Gasteiger partial charge in [0.2, 0.25) is 0 Å². The number of aromatic hydroxyl groups is 1. The van der Waals surface area contributed by atoms with Gasteiger partial charge < -0.3 is 15.4 Å². The molecule has 3 N–H and O–H groups in total. The summed E-state index contributed by atoms with van der Waals surface area (Å²) >= 11 is 0. The number of hydrogen-bond acceptors (Lipinski definition) is 3. The lowest BCUT2D eigenvalue weighted by Crippen LogP contribution is -2.35. The number of amides is 1. The molecular formula is C31H33N3O2. The second-order valence-electron chi connectivity index (χ2n) is 9.41. The number of fused-ring (bicyclic) bond motifs is 3. The van der Waals surface area contributed by atoms with E-state index in [1.807, 2.05) is 48.5 Å². The molecular weight excluding hydrogens is 446 g/mol. The summed E-state index contributed by atoms with van der Waals surface area (Å²) in [5.74, 6) is 0.279. The van der Waals surface area contributed by atoms with Crippen molar-refractivity contribution in [1.29, 1.82) is 0 Å². The maximum Gasteiger partial charge on any atom is 0.251 e. The Morgan fingerprint density at radius 3 is 2.75 bits per heavy atom. The Morgan fingerprint density at radius 1 is 1.11 bits per heavy atom. The molecule has 5 heteroatoms. The van der Waals surface area contributed by atoms with Crippen molar-refractivity contribution < 1.29 is 9.90 Å². The van der Waals surface area contributed by atoms with Crippen molar-refractivity contribution in [2.45, 2.75) is 38.8 Å². The minimum Gasteiger partial charge on any atom is -0.508 e. The Hall–Kier alpha value is -3.83. The topological polar surface area (TPSA) is 68.4 Å². The maximum absolute atomic E-state index is 13.1. The second-order valence-corrected chi connectivity index (χ2v) is 9.41. The number of nitrogens with zero attached hydrogens (tertiary/aromatic N) is 1. The third-order valence-corrected chi connectivity index (χ3v) is 7.07. The molecule has 0 bridgehead atoms. The minimum atomic E-state index is -0.0226. The van der Waals surface area contributed by atoms with Crippen LogP contribution in [0.3, 0.4) is 0 Å². The molecule has 0 spiro atoms. The molecule has 0 saturated carbocycles. The molecule has 1 atom stereocenters. The van der Waals surface area contributed by atoms with Crippen molar-refractivity contribution in [1.82, 2.24) is 15.2 Å². The summed E-state index contributed by atoms with van der Waals surface area (Å²) in [6, 6.07) is 23.9. The summed E-state index contributed by atoms with van der Waals surface area (Å²) in [7, 11) is 0. The van der Waals surface area contributed by atoms with Crippen molar-refractivity contribution in [3.05, 3.63) is 107 Å². The lowest BCUT2D eigenvalue weighted by molar-refractivity contribution is 0.0950. The quantitative estimate of drug-likeness (QED) is 0.263. The number of aromatic nitrogens is 1. The third kappa shape index (κ3) is 5.07. The van der Waals surface area contributed by atoms with Crippen LogP contribution in [-0.4, -0.2) is 34.0 Å². The highest BCUT2D eigenvalue weighted by Crippen LogP contribution is 2.38. The molecule has 0 aliphatic carbocycles. The predicted molar refractivity (Wildman–Crippen MR) is 146 cm³/mol. The predicted octanol–water partition coefficient (Wildman–Crippen LogP) is 6.22.